The minimum absolute atomic E-state index is 0.0526. The van der Waals surface area contributed by atoms with Gasteiger partial charge in [-0.2, -0.15) is 5.48 Å². The number of aliphatic hydroxyl groups is 1. The van der Waals surface area contributed by atoms with Crippen LogP contribution in [0.2, 0.25) is 0 Å². The summed E-state index contributed by atoms with van der Waals surface area (Å²) in [4.78, 5) is 26.1. The lowest BCUT2D eigenvalue weighted by molar-refractivity contribution is -0.126. The molecule has 218 valence electrons. The summed E-state index contributed by atoms with van der Waals surface area (Å²) in [6.07, 6.45) is 14.6. The highest BCUT2D eigenvalue weighted by Gasteiger charge is 2.35. The second-order valence-electron chi connectivity index (χ2n) is 10.9. The van der Waals surface area contributed by atoms with Crippen molar-refractivity contribution in [2.24, 2.45) is 5.92 Å². The molecule has 0 bridgehead atoms. The molecule has 1 aromatic carbocycles. The van der Waals surface area contributed by atoms with Gasteiger partial charge >= 0.3 is 0 Å². The number of amides is 2. The van der Waals surface area contributed by atoms with Gasteiger partial charge in [0, 0.05) is 24.1 Å². The maximum atomic E-state index is 13.2. The maximum absolute atomic E-state index is 13.2. The summed E-state index contributed by atoms with van der Waals surface area (Å²) in [6, 6.07) is 6.24. The van der Waals surface area contributed by atoms with Gasteiger partial charge in [-0.05, 0) is 80.4 Å². The first-order valence-corrected chi connectivity index (χ1v) is 15.5. The van der Waals surface area contributed by atoms with Crippen molar-refractivity contribution >= 4 is 22.8 Å². The molecule has 0 heterocycles. The Labute approximate surface area is 239 Å². The van der Waals surface area contributed by atoms with Gasteiger partial charge in [-0.1, -0.05) is 44.1 Å². The molecule has 5 atom stereocenters. The van der Waals surface area contributed by atoms with Gasteiger partial charge < -0.3 is 20.9 Å². The molecule has 0 saturated heterocycles. The second-order valence-corrected chi connectivity index (χ2v) is 12.2. The third-order valence-electron chi connectivity index (χ3n) is 8.11. The van der Waals surface area contributed by atoms with Crippen LogP contribution in [0.25, 0.3) is 0 Å². The van der Waals surface area contributed by atoms with Gasteiger partial charge in [-0.15, -0.1) is 0 Å². The SMILES string of the molecule is CCC(CC(O)CNS(=O)c1ccc(C(=O)NC2CCCC2)cc1)C(=O)NC1C2=C(/C=C\C=C/CC2)CC1NO. The number of carbonyl (C=O) groups excluding carboxylic acids is 2. The Kier molecular flexibility index (Phi) is 11.3. The van der Waals surface area contributed by atoms with Gasteiger partial charge in [0.2, 0.25) is 5.91 Å². The third kappa shape index (κ3) is 7.98. The van der Waals surface area contributed by atoms with Crippen molar-refractivity contribution in [3.63, 3.8) is 0 Å². The predicted molar refractivity (Wildman–Crippen MR) is 155 cm³/mol. The summed E-state index contributed by atoms with van der Waals surface area (Å²) in [6.45, 7) is 1.95. The van der Waals surface area contributed by atoms with Crippen LogP contribution in [0.1, 0.15) is 75.1 Å². The standard InChI is InChI=1S/C30H42N4O5S/c1-2-20(29(36)33-28-26-12-6-4-3-5-9-22(26)18-27(28)34-38)17-24(35)19-31-40(39)25-15-13-21(14-16-25)30(37)32-23-10-7-8-11-23/h3-5,9,13-16,20,23-24,27-28,31,34-35,38H,2,6-8,10-12,17-19H2,1H3,(H,32,37)(H,33,36)/b4-3-,9-5-. The lowest BCUT2D eigenvalue weighted by Crippen LogP contribution is -2.49. The van der Waals surface area contributed by atoms with E-state index in [9.17, 15) is 24.1 Å². The number of hydrogen-bond donors (Lipinski definition) is 6. The number of allylic oxidation sites excluding steroid dienone is 4. The van der Waals surface area contributed by atoms with Crippen molar-refractivity contribution in [2.75, 3.05) is 6.54 Å². The van der Waals surface area contributed by atoms with Crippen LogP contribution in [0, 0.1) is 5.92 Å². The third-order valence-corrected chi connectivity index (χ3v) is 9.24. The lowest BCUT2D eigenvalue weighted by atomic mass is 9.95. The van der Waals surface area contributed by atoms with Crippen LogP contribution in [0.15, 0.2) is 64.6 Å². The number of nitrogens with one attached hydrogen (secondary N) is 4. The Bertz CT molecular complexity index is 1140. The molecule has 0 aliphatic heterocycles. The van der Waals surface area contributed by atoms with Gasteiger partial charge in [0.05, 0.1) is 23.1 Å². The van der Waals surface area contributed by atoms with Crippen LogP contribution in [0.4, 0.5) is 0 Å². The first-order chi connectivity index (χ1) is 19.4. The van der Waals surface area contributed by atoms with Crippen molar-refractivity contribution in [3.05, 3.63) is 65.3 Å². The van der Waals surface area contributed by atoms with Crippen molar-refractivity contribution in [3.8, 4) is 0 Å². The molecule has 1 aromatic rings. The van der Waals surface area contributed by atoms with Crippen molar-refractivity contribution in [2.45, 2.75) is 93.8 Å². The number of aliphatic hydroxyl groups excluding tert-OH is 1. The molecular formula is C30H42N4O5S. The molecule has 3 aliphatic rings. The van der Waals surface area contributed by atoms with E-state index in [0.717, 1.165) is 49.7 Å². The summed E-state index contributed by atoms with van der Waals surface area (Å²) in [5.74, 6) is -0.726. The molecule has 1 fully saturated rings. The van der Waals surface area contributed by atoms with E-state index in [2.05, 4.69) is 26.9 Å². The molecule has 0 aromatic heterocycles. The van der Waals surface area contributed by atoms with Crippen LogP contribution >= 0.6 is 0 Å². The Morgan fingerprint density at radius 2 is 1.85 bits per heavy atom. The van der Waals surface area contributed by atoms with E-state index >= 15 is 0 Å². The van der Waals surface area contributed by atoms with Crippen LogP contribution in [0.3, 0.4) is 0 Å². The Hall–Kier alpha value is -2.63. The fourth-order valence-electron chi connectivity index (χ4n) is 5.78. The first-order valence-electron chi connectivity index (χ1n) is 14.4. The number of hydroxylamine groups is 1. The summed E-state index contributed by atoms with van der Waals surface area (Å²) in [7, 11) is -1.57. The average Bonchev–Trinajstić information content (AvgIpc) is 3.57. The summed E-state index contributed by atoms with van der Waals surface area (Å²) in [5.41, 5.74) is 5.14. The largest absolute Gasteiger partial charge is 0.392 e. The van der Waals surface area contributed by atoms with Crippen LogP contribution in [0.5, 0.6) is 0 Å². The van der Waals surface area contributed by atoms with E-state index < -0.39 is 23.0 Å². The molecule has 0 spiro atoms. The van der Waals surface area contributed by atoms with Gasteiger partial charge in [0.25, 0.3) is 5.91 Å². The molecule has 9 nitrogen and oxygen atoms in total. The van der Waals surface area contributed by atoms with Crippen molar-refractivity contribution in [1.82, 2.24) is 20.8 Å². The predicted octanol–water partition coefficient (Wildman–Crippen LogP) is 3.19. The Morgan fingerprint density at radius 1 is 1.10 bits per heavy atom. The van der Waals surface area contributed by atoms with E-state index in [0.29, 0.717) is 23.3 Å². The van der Waals surface area contributed by atoms with Crippen LogP contribution in [-0.4, -0.2) is 57.1 Å². The summed E-state index contributed by atoms with van der Waals surface area (Å²) in [5, 5.41) is 26.5. The summed E-state index contributed by atoms with van der Waals surface area (Å²) < 4.78 is 15.6. The molecule has 4 rings (SSSR count). The fraction of sp³-hybridized carbons (Fsp3) is 0.533. The van der Waals surface area contributed by atoms with Gasteiger partial charge in [0.15, 0.2) is 0 Å². The summed E-state index contributed by atoms with van der Waals surface area (Å²) >= 11 is 0. The normalized spacial score (nSPS) is 24.9. The number of hydrogen-bond acceptors (Lipinski definition) is 6. The minimum atomic E-state index is -1.57. The van der Waals surface area contributed by atoms with Crippen LogP contribution < -0.4 is 20.8 Å². The van der Waals surface area contributed by atoms with Crippen molar-refractivity contribution in [1.29, 1.82) is 0 Å². The monoisotopic (exact) mass is 570 g/mol. The van der Waals surface area contributed by atoms with E-state index in [4.69, 9.17) is 0 Å². The molecule has 3 aliphatic carbocycles. The zero-order valence-corrected chi connectivity index (χ0v) is 23.9. The molecule has 6 N–H and O–H groups in total. The zero-order chi connectivity index (χ0) is 28.5. The zero-order valence-electron chi connectivity index (χ0n) is 23.1. The van der Waals surface area contributed by atoms with Gasteiger partial charge in [-0.3, -0.25) is 9.59 Å². The fourth-order valence-corrected chi connectivity index (χ4v) is 6.67. The smallest absolute Gasteiger partial charge is 0.251 e. The van der Waals surface area contributed by atoms with E-state index in [1.54, 1.807) is 24.3 Å². The highest BCUT2D eigenvalue weighted by atomic mass is 32.2. The van der Waals surface area contributed by atoms with E-state index in [1.807, 2.05) is 25.2 Å². The topological polar surface area (TPSA) is 140 Å². The maximum Gasteiger partial charge on any atom is 0.251 e. The quantitative estimate of drug-likeness (QED) is 0.213. The van der Waals surface area contributed by atoms with Gasteiger partial charge in [0.1, 0.15) is 11.0 Å². The van der Waals surface area contributed by atoms with E-state index in [1.165, 1.54) is 0 Å². The number of rotatable bonds is 12. The second kappa shape index (κ2) is 14.8. The number of benzene rings is 1. The molecule has 0 radical (unpaired) electrons. The van der Waals surface area contributed by atoms with Crippen molar-refractivity contribution < 1.29 is 24.1 Å². The molecule has 40 heavy (non-hydrogen) atoms. The van der Waals surface area contributed by atoms with Gasteiger partial charge in [-0.25, -0.2) is 8.93 Å². The molecule has 2 amide bonds. The Balaban J connectivity index is 1.26. The molecule has 10 heteroatoms. The molecule has 5 unspecified atom stereocenters. The molecular weight excluding hydrogens is 528 g/mol. The highest BCUT2D eigenvalue weighted by Crippen LogP contribution is 2.32. The minimum Gasteiger partial charge on any atom is -0.392 e. The average molecular weight is 571 g/mol. The van der Waals surface area contributed by atoms with E-state index in [-0.39, 0.29) is 42.9 Å². The first kappa shape index (κ1) is 30.3. The molecule has 1 saturated carbocycles. The number of carbonyl (C=O) groups is 2. The lowest BCUT2D eigenvalue weighted by Gasteiger charge is -2.26. The van der Waals surface area contributed by atoms with Crippen LogP contribution in [-0.2, 0) is 15.8 Å². The highest BCUT2D eigenvalue weighted by molar-refractivity contribution is 7.83. The Morgan fingerprint density at radius 3 is 2.55 bits per heavy atom.